The highest BCUT2D eigenvalue weighted by Crippen LogP contribution is 2.35. The Labute approximate surface area is 184 Å². The molecular formula is C22H21Cl2N3O3. The van der Waals surface area contributed by atoms with Crippen LogP contribution in [0.25, 0.3) is 5.57 Å². The molecule has 2 amide bonds. The van der Waals surface area contributed by atoms with Crippen molar-refractivity contribution in [2.24, 2.45) is 0 Å². The number of benzene rings is 2. The van der Waals surface area contributed by atoms with E-state index in [2.05, 4.69) is 4.90 Å². The maximum absolute atomic E-state index is 13.5. The van der Waals surface area contributed by atoms with Crippen molar-refractivity contribution in [2.75, 3.05) is 44.2 Å². The molecule has 1 saturated heterocycles. The molecule has 1 fully saturated rings. The number of halogens is 2. The van der Waals surface area contributed by atoms with Gasteiger partial charge in [0, 0.05) is 42.8 Å². The standard InChI is InChI=1S/C22H21Cl2N3O3/c23-16-3-1-15(2-4-16)19-20(26-11-9-25(10-12-26)13-14-28)22(30)27(21(19)29)18-7-5-17(24)6-8-18/h1-8,28H,9-14H2. The first-order chi connectivity index (χ1) is 14.5. The molecule has 30 heavy (non-hydrogen) atoms. The highest BCUT2D eigenvalue weighted by molar-refractivity contribution is 6.45. The Bertz CT molecular complexity index is 982. The largest absolute Gasteiger partial charge is 0.395 e. The van der Waals surface area contributed by atoms with E-state index >= 15 is 0 Å². The molecule has 0 atom stereocenters. The lowest BCUT2D eigenvalue weighted by atomic mass is 10.0. The monoisotopic (exact) mass is 445 g/mol. The number of piperazine rings is 1. The number of amides is 2. The topological polar surface area (TPSA) is 64.1 Å². The number of rotatable bonds is 5. The van der Waals surface area contributed by atoms with Crippen LogP contribution in [0.4, 0.5) is 5.69 Å². The summed E-state index contributed by atoms with van der Waals surface area (Å²) in [4.78, 5) is 32.2. The number of anilines is 1. The number of carbonyl (C=O) groups is 2. The molecule has 4 rings (SSSR count). The molecule has 2 aliphatic rings. The van der Waals surface area contributed by atoms with Gasteiger partial charge in [0.1, 0.15) is 5.70 Å². The lowest BCUT2D eigenvalue weighted by molar-refractivity contribution is -0.120. The van der Waals surface area contributed by atoms with Crippen molar-refractivity contribution in [3.63, 3.8) is 0 Å². The SMILES string of the molecule is O=C1C(c2ccc(Cl)cc2)=C(N2CCN(CCO)CC2)C(=O)N1c1ccc(Cl)cc1. The molecule has 0 spiro atoms. The molecule has 0 aromatic heterocycles. The summed E-state index contributed by atoms with van der Waals surface area (Å²) in [5.74, 6) is -0.708. The number of β-amino-alcohol motifs (C(OH)–C–C–N with tert-alkyl or cyclic N) is 1. The van der Waals surface area contributed by atoms with Crippen LogP contribution in [0.1, 0.15) is 5.56 Å². The minimum atomic E-state index is -0.363. The lowest BCUT2D eigenvalue weighted by Gasteiger charge is -2.36. The van der Waals surface area contributed by atoms with E-state index in [0.29, 0.717) is 65.3 Å². The van der Waals surface area contributed by atoms with Gasteiger partial charge in [-0.3, -0.25) is 14.5 Å². The van der Waals surface area contributed by atoms with E-state index in [0.717, 1.165) is 0 Å². The van der Waals surface area contributed by atoms with E-state index in [9.17, 15) is 14.7 Å². The summed E-state index contributed by atoms with van der Waals surface area (Å²) in [7, 11) is 0. The molecule has 156 valence electrons. The average Bonchev–Trinajstić information content (AvgIpc) is 3.00. The number of carbonyl (C=O) groups excluding carboxylic acids is 2. The van der Waals surface area contributed by atoms with Gasteiger partial charge in [-0.1, -0.05) is 35.3 Å². The summed E-state index contributed by atoms with van der Waals surface area (Å²) in [6.45, 7) is 3.31. The molecule has 8 heteroatoms. The van der Waals surface area contributed by atoms with Gasteiger partial charge in [0.15, 0.2) is 0 Å². The Morgan fingerprint density at radius 3 is 1.93 bits per heavy atom. The number of aliphatic hydroxyl groups excluding tert-OH is 1. The summed E-state index contributed by atoms with van der Waals surface area (Å²) < 4.78 is 0. The number of imide groups is 1. The molecule has 0 unspecified atom stereocenters. The molecule has 2 aliphatic heterocycles. The zero-order valence-corrected chi connectivity index (χ0v) is 17.7. The van der Waals surface area contributed by atoms with E-state index in [1.165, 1.54) is 4.90 Å². The van der Waals surface area contributed by atoms with Crippen molar-refractivity contribution >= 4 is 46.3 Å². The van der Waals surface area contributed by atoms with Gasteiger partial charge in [-0.2, -0.15) is 0 Å². The average molecular weight is 446 g/mol. The van der Waals surface area contributed by atoms with E-state index in [1.54, 1.807) is 48.5 Å². The van der Waals surface area contributed by atoms with Crippen molar-refractivity contribution in [3.05, 3.63) is 69.8 Å². The lowest BCUT2D eigenvalue weighted by Crippen LogP contribution is -2.48. The molecule has 6 nitrogen and oxygen atoms in total. The molecule has 2 heterocycles. The zero-order chi connectivity index (χ0) is 21.3. The van der Waals surface area contributed by atoms with E-state index in [1.807, 2.05) is 4.90 Å². The summed E-state index contributed by atoms with van der Waals surface area (Å²) >= 11 is 12.0. The van der Waals surface area contributed by atoms with E-state index < -0.39 is 0 Å². The molecule has 0 aliphatic carbocycles. The van der Waals surface area contributed by atoms with Crippen LogP contribution >= 0.6 is 23.2 Å². The minimum absolute atomic E-state index is 0.0977. The smallest absolute Gasteiger partial charge is 0.282 e. The molecule has 1 N–H and O–H groups in total. The highest BCUT2D eigenvalue weighted by atomic mass is 35.5. The predicted octanol–water partition coefficient (Wildman–Crippen LogP) is 2.89. The Morgan fingerprint density at radius 1 is 0.800 bits per heavy atom. The number of hydrogen-bond donors (Lipinski definition) is 1. The van der Waals surface area contributed by atoms with Crippen LogP contribution in [0.5, 0.6) is 0 Å². The van der Waals surface area contributed by atoms with Gasteiger partial charge < -0.3 is 10.0 Å². The summed E-state index contributed by atoms with van der Waals surface area (Å²) in [6, 6.07) is 13.6. The first kappa shape index (κ1) is 20.9. The Kier molecular flexibility index (Phi) is 6.11. The summed E-state index contributed by atoms with van der Waals surface area (Å²) in [6.07, 6.45) is 0. The minimum Gasteiger partial charge on any atom is -0.395 e. The zero-order valence-electron chi connectivity index (χ0n) is 16.2. The van der Waals surface area contributed by atoms with Crippen LogP contribution in [-0.2, 0) is 9.59 Å². The Morgan fingerprint density at radius 2 is 1.37 bits per heavy atom. The van der Waals surface area contributed by atoms with Gasteiger partial charge in [-0.05, 0) is 42.0 Å². The third-order valence-corrected chi connectivity index (χ3v) is 5.89. The highest BCUT2D eigenvalue weighted by Gasteiger charge is 2.43. The number of aliphatic hydroxyl groups is 1. The van der Waals surface area contributed by atoms with Crippen LogP contribution in [0.3, 0.4) is 0 Å². The van der Waals surface area contributed by atoms with Gasteiger partial charge in [-0.25, -0.2) is 4.90 Å². The van der Waals surface area contributed by atoms with Crippen molar-refractivity contribution in [2.45, 2.75) is 0 Å². The van der Waals surface area contributed by atoms with Crippen LogP contribution in [0.15, 0.2) is 54.2 Å². The third kappa shape index (κ3) is 3.96. The summed E-state index contributed by atoms with van der Waals surface area (Å²) in [5, 5.41) is 10.3. The fraction of sp³-hybridized carbons (Fsp3) is 0.273. The van der Waals surface area contributed by atoms with Crippen LogP contribution in [0.2, 0.25) is 10.0 Å². The maximum atomic E-state index is 13.5. The first-order valence-electron chi connectivity index (χ1n) is 9.72. The second-order valence-electron chi connectivity index (χ2n) is 7.20. The van der Waals surface area contributed by atoms with E-state index in [4.69, 9.17) is 23.2 Å². The molecule has 0 bridgehead atoms. The molecule has 0 radical (unpaired) electrons. The van der Waals surface area contributed by atoms with Crippen molar-refractivity contribution in [1.82, 2.24) is 9.80 Å². The van der Waals surface area contributed by atoms with Crippen molar-refractivity contribution in [1.29, 1.82) is 0 Å². The van der Waals surface area contributed by atoms with Crippen LogP contribution in [-0.4, -0.2) is 66.1 Å². The van der Waals surface area contributed by atoms with Gasteiger partial charge in [0.25, 0.3) is 11.8 Å². The fourth-order valence-corrected chi connectivity index (χ4v) is 4.10. The molecule has 2 aromatic rings. The molecule has 2 aromatic carbocycles. The fourth-order valence-electron chi connectivity index (χ4n) is 3.85. The molecular weight excluding hydrogens is 425 g/mol. The van der Waals surface area contributed by atoms with Crippen molar-refractivity contribution in [3.8, 4) is 0 Å². The maximum Gasteiger partial charge on any atom is 0.282 e. The van der Waals surface area contributed by atoms with Crippen LogP contribution < -0.4 is 4.90 Å². The summed E-state index contributed by atoms with van der Waals surface area (Å²) in [5.41, 5.74) is 1.92. The molecule has 0 saturated carbocycles. The van der Waals surface area contributed by atoms with Gasteiger partial charge in [-0.15, -0.1) is 0 Å². The second kappa shape index (κ2) is 8.78. The van der Waals surface area contributed by atoms with Gasteiger partial charge in [0.2, 0.25) is 0 Å². The predicted molar refractivity (Wildman–Crippen MR) is 117 cm³/mol. The Balaban J connectivity index is 1.73. The van der Waals surface area contributed by atoms with Crippen LogP contribution in [0, 0.1) is 0 Å². The number of hydrogen-bond acceptors (Lipinski definition) is 5. The third-order valence-electron chi connectivity index (χ3n) is 5.38. The normalized spacial score (nSPS) is 18.0. The van der Waals surface area contributed by atoms with Crippen molar-refractivity contribution < 1.29 is 14.7 Å². The number of nitrogens with zero attached hydrogens (tertiary/aromatic N) is 3. The van der Waals surface area contributed by atoms with Gasteiger partial charge in [0.05, 0.1) is 17.9 Å². The quantitative estimate of drug-likeness (QED) is 0.716. The Hall–Kier alpha value is -2.38. The van der Waals surface area contributed by atoms with Gasteiger partial charge >= 0.3 is 0 Å². The first-order valence-corrected chi connectivity index (χ1v) is 10.5. The second-order valence-corrected chi connectivity index (χ2v) is 8.08. The van der Waals surface area contributed by atoms with E-state index in [-0.39, 0.29) is 18.4 Å².